The molecule has 0 saturated carbocycles. The second-order valence-electron chi connectivity index (χ2n) is 9.88. The van der Waals surface area contributed by atoms with E-state index in [0.29, 0.717) is 23.6 Å². The summed E-state index contributed by atoms with van der Waals surface area (Å²) in [6.07, 6.45) is 5.20. The predicted octanol–water partition coefficient (Wildman–Crippen LogP) is 3.69. The number of nitrogens with two attached hydrogens (primary N) is 1. The van der Waals surface area contributed by atoms with Crippen LogP contribution in [-0.4, -0.2) is 53.1 Å². The zero-order chi connectivity index (χ0) is 25.6. The van der Waals surface area contributed by atoms with Gasteiger partial charge in [0.05, 0.1) is 17.4 Å². The zero-order valence-corrected chi connectivity index (χ0v) is 21.9. The molecule has 192 valence electrons. The van der Waals surface area contributed by atoms with E-state index in [1.165, 1.54) is 5.56 Å². The monoisotopic (exact) mass is 511 g/mol. The third-order valence-corrected chi connectivity index (χ3v) is 7.92. The van der Waals surface area contributed by atoms with Crippen molar-refractivity contribution in [2.24, 2.45) is 10.1 Å². The molecule has 4 heterocycles. The largest absolute Gasteiger partial charge is 0.491 e. The van der Waals surface area contributed by atoms with Crippen molar-refractivity contribution in [3.63, 3.8) is 0 Å². The Morgan fingerprint density at radius 3 is 2.83 bits per heavy atom. The highest BCUT2D eigenvalue weighted by molar-refractivity contribution is 7.91. The lowest BCUT2D eigenvalue weighted by molar-refractivity contribution is 0.0669. The molecular weight excluding hydrogens is 478 g/mol. The van der Waals surface area contributed by atoms with Crippen molar-refractivity contribution in [1.29, 1.82) is 0 Å². The minimum absolute atomic E-state index is 0.0648. The molecule has 1 unspecified atom stereocenters. The van der Waals surface area contributed by atoms with Crippen LogP contribution in [0.15, 0.2) is 34.9 Å². The van der Waals surface area contributed by atoms with Gasteiger partial charge in [0.2, 0.25) is 0 Å². The summed E-state index contributed by atoms with van der Waals surface area (Å²) in [5, 5.41) is 5.70. The van der Waals surface area contributed by atoms with Gasteiger partial charge in [0.25, 0.3) is 0 Å². The zero-order valence-electron chi connectivity index (χ0n) is 21.1. The van der Waals surface area contributed by atoms with Crippen molar-refractivity contribution in [3.8, 4) is 5.75 Å². The smallest absolute Gasteiger partial charge is 0.344 e. The summed E-state index contributed by atoms with van der Waals surface area (Å²) in [7, 11) is -3.84. The van der Waals surface area contributed by atoms with Gasteiger partial charge in [-0.1, -0.05) is 12.5 Å². The number of amidine groups is 1. The van der Waals surface area contributed by atoms with Crippen LogP contribution in [0.2, 0.25) is 0 Å². The highest BCUT2D eigenvalue weighted by Gasteiger charge is 2.31. The van der Waals surface area contributed by atoms with E-state index in [2.05, 4.69) is 46.0 Å². The van der Waals surface area contributed by atoms with Gasteiger partial charge in [-0.2, -0.15) is 13.5 Å². The number of nitrogens with zero attached hydrogens (tertiary/aromatic N) is 5. The first-order valence-corrected chi connectivity index (χ1v) is 13.8. The van der Waals surface area contributed by atoms with Crippen LogP contribution in [0.4, 0.5) is 5.69 Å². The Bertz CT molecular complexity index is 1430. The Kier molecular flexibility index (Phi) is 6.37. The molecule has 0 amide bonds. The van der Waals surface area contributed by atoms with Crippen molar-refractivity contribution in [2.75, 3.05) is 17.9 Å². The summed E-state index contributed by atoms with van der Waals surface area (Å²) < 4.78 is 38.1. The Hall–Kier alpha value is -3.18. The van der Waals surface area contributed by atoms with Crippen molar-refractivity contribution in [3.05, 3.63) is 47.3 Å². The summed E-state index contributed by atoms with van der Waals surface area (Å²) in [4.78, 5) is 7.28. The molecule has 10 nitrogen and oxygen atoms in total. The van der Waals surface area contributed by atoms with Crippen LogP contribution in [0.5, 0.6) is 5.75 Å². The maximum absolute atomic E-state index is 11.9. The predicted molar refractivity (Wildman–Crippen MR) is 141 cm³/mol. The molecule has 11 heteroatoms. The number of hydrogen-bond acceptors (Lipinski definition) is 7. The maximum atomic E-state index is 11.9. The first kappa shape index (κ1) is 24.5. The minimum Gasteiger partial charge on any atom is -0.491 e. The molecule has 0 spiro atoms. The molecule has 2 aromatic heterocycles. The van der Waals surface area contributed by atoms with E-state index in [-0.39, 0.29) is 24.0 Å². The molecular formula is C25H33N7O3S. The van der Waals surface area contributed by atoms with Crippen molar-refractivity contribution < 1.29 is 13.2 Å². The number of ether oxygens (including phenoxy) is 1. The molecule has 36 heavy (non-hydrogen) atoms. The molecule has 2 aliphatic heterocycles. The van der Waals surface area contributed by atoms with E-state index in [1.807, 2.05) is 17.8 Å². The molecule has 1 aromatic carbocycles. The molecule has 0 bridgehead atoms. The fourth-order valence-electron chi connectivity index (χ4n) is 5.31. The molecule has 0 aliphatic carbocycles. The van der Waals surface area contributed by atoms with Crippen LogP contribution in [0.3, 0.4) is 0 Å². The summed E-state index contributed by atoms with van der Waals surface area (Å²) in [6, 6.07) is 7.94. The fraction of sp³-hybridized carbons (Fsp3) is 0.480. The quantitative estimate of drug-likeness (QED) is 0.516. The average molecular weight is 512 g/mol. The number of aromatic nitrogens is 3. The number of aryl methyl sites for hydroxylation is 1. The molecule has 3 aromatic rings. The molecule has 2 aliphatic rings. The van der Waals surface area contributed by atoms with E-state index in [9.17, 15) is 8.42 Å². The second-order valence-corrected chi connectivity index (χ2v) is 11.2. The molecule has 0 radical (unpaired) electrons. The van der Waals surface area contributed by atoms with Gasteiger partial charge >= 0.3 is 10.2 Å². The van der Waals surface area contributed by atoms with Gasteiger partial charge in [0, 0.05) is 29.2 Å². The molecule has 2 atom stereocenters. The van der Waals surface area contributed by atoms with Crippen LogP contribution < -0.4 is 15.2 Å². The number of rotatable bonds is 6. The van der Waals surface area contributed by atoms with Gasteiger partial charge in [-0.25, -0.2) is 9.67 Å². The molecule has 5 rings (SSSR count). The first-order chi connectivity index (χ1) is 17.1. The van der Waals surface area contributed by atoms with Crippen LogP contribution in [0, 0.1) is 6.92 Å². The average Bonchev–Trinajstić information content (AvgIpc) is 3.25. The summed E-state index contributed by atoms with van der Waals surface area (Å²) in [6.45, 7) is 9.92. The maximum Gasteiger partial charge on any atom is 0.344 e. The lowest BCUT2D eigenvalue weighted by Crippen LogP contribution is -2.44. The Morgan fingerprint density at radius 2 is 2.06 bits per heavy atom. The van der Waals surface area contributed by atoms with E-state index in [0.717, 1.165) is 42.5 Å². The van der Waals surface area contributed by atoms with Crippen LogP contribution >= 0.6 is 0 Å². The number of likely N-dealkylation sites (tertiary alicyclic amines) is 1. The van der Waals surface area contributed by atoms with Crippen molar-refractivity contribution in [1.82, 2.24) is 19.7 Å². The summed E-state index contributed by atoms with van der Waals surface area (Å²) >= 11 is 0. The van der Waals surface area contributed by atoms with E-state index in [4.69, 9.17) is 15.5 Å². The standard InChI is InChI=1S/C25H33N7O3S/c1-15(2)32-25-20(13-27-32)19(12-16(3)28-25)17(4)31-11-6-5-8-18(31)14-35-22-10-7-9-21-23(22)24(26)30-36(33,34)29-21/h7,9-10,12-13,15,17-18,29H,5-6,8,11,14H2,1-4H3,(H2,26,30)/t17?,18-/m1/s1. The summed E-state index contributed by atoms with van der Waals surface area (Å²) in [5.41, 5.74) is 9.98. The van der Waals surface area contributed by atoms with Crippen LogP contribution in [0.1, 0.15) is 68.9 Å². The van der Waals surface area contributed by atoms with Crippen LogP contribution in [-0.2, 0) is 10.2 Å². The van der Waals surface area contributed by atoms with E-state index < -0.39 is 10.2 Å². The van der Waals surface area contributed by atoms with Gasteiger partial charge in [0.1, 0.15) is 12.4 Å². The topological polar surface area (TPSA) is 128 Å². The number of nitrogens with one attached hydrogen (secondary N) is 1. The van der Waals surface area contributed by atoms with Gasteiger partial charge < -0.3 is 10.5 Å². The van der Waals surface area contributed by atoms with Gasteiger partial charge in [-0.15, -0.1) is 4.40 Å². The Morgan fingerprint density at radius 1 is 1.25 bits per heavy atom. The third kappa shape index (κ3) is 4.53. The number of fused-ring (bicyclic) bond motifs is 2. The Balaban J connectivity index is 1.41. The lowest BCUT2D eigenvalue weighted by atomic mass is 9.96. The number of benzene rings is 1. The van der Waals surface area contributed by atoms with Crippen molar-refractivity contribution in [2.45, 2.75) is 65.1 Å². The Labute approximate surface area is 211 Å². The molecule has 1 fully saturated rings. The van der Waals surface area contributed by atoms with E-state index in [1.54, 1.807) is 18.2 Å². The molecule has 1 saturated heterocycles. The fourth-order valence-corrected chi connectivity index (χ4v) is 6.15. The van der Waals surface area contributed by atoms with Crippen molar-refractivity contribution >= 4 is 32.8 Å². The SMILES string of the molecule is Cc1cc(C(C)N2CCCC[C@@H]2COc2cccc3c2C(N)=NS(=O)(=O)N3)c2cnn(C(C)C)c2n1. The number of hydrogen-bond donors (Lipinski definition) is 2. The number of piperidine rings is 1. The summed E-state index contributed by atoms with van der Waals surface area (Å²) in [5.74, 6) is 0.458. The van der Waals surface area contributed by atoms with Gasteiger partial charge in [-0.3, -0.25) is 9.62 Å². The first-order valence-electron chi connectivity index (χ1n) is 12.4. The van der Waals surface area contributed by atoms with Gasteiger partial charge in [0.15, 0.2) is 11.5 Å². The number of pyridine rings is 1. The van der Waals surface area contributed by atoms with Gasteiger partial charge in [-0.05, 0) is 70.8 Å². The molecule has 3 N–H and O–H groups in total. The number of anilines is 1. The lowest BCUT2D eigenvalue weighted by Gasteiger charge is -2.40. The van der Waals surface area contributed by atoms with Crippen LogP contribution in [0.25, 0.3) is 11.0 Å². The highest BCUT2D eigenvalue weighted by Crippen LogP contribution is 2.35. The third-order valence-electron chi connectivity index (χ3n) is 7.01. The van der Waals surface area contributed by atoms with E-state index >= 15 is 0 Å². The second kappa shape index (κ2) is 9.36. The minimum atomic E-state index is -3.84. The normalized spacial score (nSPS) is 20.6. The highest BCUT2D eigenvalue weighted by atomic mass is 32.2.